The molecule has 2 fully saturated rings. The lowest BCUT2D eigenvalue weighted by Gasteiger charge is -2.35. The summed E-state index contributed by atoms with van der Waals surface area (Å²) < 4.78 is 17.2. The highest BCUT2D eigenvalue weighted by Gasteiger charge is 2.28. The van der Waals surface area contributed by atoms with Gasteiger partial charge in [0.2, 0.25) is 5.43 Å². The molecule has 1 aliphatic heterocycles. The Balaban J connectivity index is 1.56. The summed E-state index contributed by atoms with van der Waals surface area (Å²) in [5.41, 5.74) is 1.12. The number of aromatic nitrogens is 1. The molecule has 5 rings (SSSR count). The Labute approximate surface area is 196 Å². The molecular formula is C25H26ClFN4O2. The summed E-state index contributed by atoms with van der Waals surface area (Å²) in [6.07, 6.45) is 3.54. The third-order valence-corrected chi connectivity index (χ3v) is 6.90. The van der Waals surface area contributed by atoms with Crippen molar-refractivity contribution in [2.24, 2.45) is 0 Å². The van der Waals surface area contributed by atoms with E-state index < -0.39 is 17.2 Å². The van der Waals surface area contributed by atoms with E-state index in [0.717, 1.165) is 45.6 Å². The van der Waals surface area contributed by atoms with E-state index in [2.05, 4.69) is 17.1 Å². The van der Waals surface area contributed by atoms with Crippen molar-refractivity contribution in [2.45, 2.75) is 25.8 Å². The Bertz CT molecular complexity index is 1280. The predicted molar refractivity (Wildman–Crippen MR) is 130 cm³/mol. The average molecular weight is 469 g/mol. The SMILES string of the molecule is CCN1CCN(c2cc3c(cc2F)c(=O)c(C(=O)Nc2ccccc2Cl)cn3C2CC2)CC1. The van der Waals surface area contributed by atoms with Gasteiger partial charge in [0.25, 0.3) is 5.91 Å². The van der Waals surface area contributed by atoms with Gasteiger partial charge in [0.05, 0.1) is 21.9 Å². The number of nitrogens with one attached hydrogen (secondary N) is 1. The molecule has 3 aromatic rings. The summed E-state index contributed by atoms with van der Waals surface area (Å²) in [7, 11) is 0. The molecule has 1 aromatic heterocycles. The van der Waals surface area contributed by atoms with E-state index in [1.54, 1.807) is 36.5 Å². The van der Waals surface area contributed by atoms with Crippen LogP contribution in [-0.2, 0) is 0 Å². The molecule has 1 N–H and O–H groups in total. The second-order valence-electron chi connectivity index (χ2n) is 8.69. The van der Waals surface area contributed by atoms with E-state index in [1.165, 1.54) is 6.07 Å². The first-order valence-electron chi connectivity index (χ1n) is 11.4. The van der Waals surface area contributed by atoms with E-state index in [9.17, 15) is 9.59 Å². The number of piperazine rings is 1. The molecule has 1 aliphatic carbocycles. The molecule has 1 saturated carbocycles. The Kier molecular flexibility index (Phi) is 5.85. The molecule has 1 amide bonds. The highest BCUT2D eigenvalue weighted by Crippen LogP contribution is 2.38. The number of fused-ring (bicyclic) bond motifs is 1. The normalized spacial score (nSPS) is 16.9. The van der Waals surface area contributed by atoms with Gasteiger partial charge in [0.15, 0.2) is 0 Å². The number of benzene rings is 2. The Hall–Kier alpha value is -2.90. The maximum absolute atomic E-state index is 15.2. The molecule has 2 aromatic carbocycles. The predicted octanol–water partition coefficient (Wildman–Crippen LogP) is 4.52. The van der Waals surface area contributed by atoms with Crippen LogP contribution in [0.2, 0.25) is 5.02 Å². The van der Waals surface area contributed by atoms with Crippen molar-refractivity contribution in [1.29, 1.82) is 0 Å². The molecule has 0 bridgehead atoms. The van der Waals surface area contributed by atoms with Crippen LogP contribution in [-0.4, -0.2) is 48.1 Å². The lowest BCUT2D eigenvalue weighted by atomic mass is 10.1. The molecule has 0 atom stereocenters. The van der Waals surface area contributed by atoms with Crippen molar-refractivity contribution in [3.63, 3.8) is 0 Å². The molecule has 6 nitrogen and oxygen atoms in total. The Morgan fingerprint density at radius 2 is 1.88 bits per heavy atom. The third-order valence-electron chi connectivity index (χ3n) is 6.57. The van der Waals surface area contributed by atoms with Crippen molar-refractivity contribution in [1.82, 2.24) is 9.47 Å². The maximum atomic E-state index is 15.2. The molecule has 0 radical (unpaired) electrons. The van der Waals surface area contributed by atoms with Gasteiger partial charge in [-0.05, 0) is 43.7 Å². The first-order valence-corrected chi connectivity index (χ1v) is 11.8. The number of pyridine rings is 1. The molecule has 0 spiro atoms. The number of halogens is 2. The number of likely N-dealkylation sites (N-methyl/N-ethyl adjacent to an activating group) is 1. The van der Waals surface area contributed by atoms with E-state index in [0.29, 0.717) is 21.9 Å². The number of carbonyl (C=O) groups excluding carboxylic acids is 1. The van der Waals surface area contributed by atoms with Gasteiger partial charge in [-0.2, -0.15) is 0 Å². The minimum Gasteiger partial charge on any atom is -0.367 e. The smallest absolute Gasteiger partial charge is 0.261 e. The van der Waals surface area contributed by atoms with Gasteiger partial charge >= 0.3 is 0 Å². The fourth-order valence-electron chi connectivity index (χ4n) is 4.47. The monoisotopic (exact) mass is 468 g/mol. The molecule has 8 heteroatoms. The summed E-state index contributed by atoms with van der Waals surface area (Å²) >= 11 is 6.16. The van der Waals surface area contributed by atoms with Crippen LogP contribution in [0.1, 0.15) is 36.2 Å². The lowest BCUT2D eigenvalue weighted by molar-refractivity contribution is 0.102. The number of anilines is 2. The van der Waals surface area contributed by atoms with Crippen LogP contribution in [0.5, 0.6) is 0 Å². The number of nitrogens with zero attached hydrogens (tertiary/aromatic N) is 3. The van der Waals surface area contributed by atoms with Gasteiger partial charge in [0, 0.05) is 43.8 Å². The second-order valence-corrected chi connectivity index (χ2v) is 9.09. The first kappa shape index (κ1) is 21.9. The number of para-hydroxylation sites is 1. The van der Waals surface area contributed by atoms with Crippen LogP contribution >= 0.6 is 11.6 Å². The number of rotatable bonds is 5. The molecule has 2 aliphatic rings. The molecule has 33 heavy (non-hydrogen) atoms. The summed E-state index contributed by atoms with van der Waals surface area (Å²) in [4.78, 5) is 30.6. The molecule has 1 saturated heterocycles. The summed E-state index contributed by atoms with van der Waals surface area (Å²) in [6, 6.07) is 10.1. The van der Waals surface area contributed by atoms with Gasteiger partial charge in [0.1, 0.15) is 11.4 Å². The topological polar surface area (TPSA) is 57.6 Å². The molecule has 172 valence electrons. The van der Waals surface area contributed by atoms with E-state index >= 15 is 4.39 Å². The Morgan fingerprint density at radius 1 is 1.15 bits per heavy atom. The van der Waals surface area contributed by atoms with Gasteiger partial charge in [-0.25, -0.2) is 4.39 Å². The van der Waals surface area contributed by atoms with Crippen molar-refractivity contribution < 1.29 is 9.18 Å². The minimum absolute atomic E-state index is 0.0157. The van der Waals surface area contributed by atoms with Crippen LogP contribution in [0.15, 0.2) is 47.4 Å². The van der Waals surface area contributed by atoms with Crippen molar-refractivity contribution in [3.05, 3.63) is 69.2 Å². The zero-order valence-corrected chi connectivity index (χ0v) is 19.2. The van der Waals surface area contributed by atoms with Crippen molar-refractivity contribution >= 4 is 39.8 Å². The van der Waals surface area contributed by atoms with E-state index in [-0.39, 0.29) is 17.0 Å². The van der Waals surface area contributed by atoms with Gasteiger partial charge in [-0.15, -0.1) is 0 Å². The highest BCUT2D eigenvalue weighted by molar-refractivity contribution is 6.33. The lowest BCUT2D eigenvalue weighted by Crippen LogP contribution is -2.46. The van der Waals surface area contributed by atoms with Crippen LogP contribution in [0.25, 0.3) is 10.9 Å². The fraction of sp³-hybridized carbons (Fsp3) is 0.360. The fourth-order valence-corrected chi connectivity index (χ4v) is 4.66. The quantitative estimate of drug-likeness (QED) is 0.598. The van der Waals surface area contributed by atoms with E-state index in [4.69, 9.17) is 11.6 Å². The summed E-state index contributed by atoms with van der Waals surface area (Å²) in [5.74, 6) is -0.986. The zero-order valence-electron chi connectivity index (χ0n) is 18.5. The highest BCUT2D eigenvalue weighted by atomic mass is 35.5. The van der Waals surface area contributed by atoms with Crippen LogP contribution in [0.3, 0.4) is 0 Å². The molecule has 0 unspecified atom stereocenters. The number of hydrogen-bond acceptors (Lipinski definition) is 4. The Morgan fingerprint density at radius 3 is 2.55 bits per heavy atom. The van der Waals surface area contributed by atoms with Crippen molar-refractivity contribution in [3.8, 4) is 0 Å². The minimum atomic E-state index is -0.551. The zero-order chi connectivity index (χ0) is 23.1. The second kappa shape index (κ2) is 8.80. The van der Waals surface area contributed by atoms with Crippen LogP contribution in [0.4, 0.5) is 15.8 Å². The summed E-state index contributed by atoms with van der Waals surface area (Å²) in [6.45, 7) is 6.34. The third kappa shape index (κ3) is 4.23. The molecular weight excluding hydrogens is 443 g/mol. The van der Waals surface area contributed by atoms with Gasteiger partial charge in [-0.3, -0.25) is 9.59 Å². The standard InChI is InChI=1S/C25H26ClFN4O2/c1-2-29-9-11-30(12-10-29)23-14-22-17(13-20(23)27)24(32)18(15-31(22)16-7-8-16)25(33)28-21-6-4-3-5-19(21)26/h3-6,13-16H,2,7-12H2,1H3,(H,28,33). The van der Waals surface area contributed by atoms with Crippen LogP contribution in [0, 0.1) is 5.82 Å². The number of amides is 1. The first-order chi connectivity index (χ1) is 16.0. The van der Waals surface area contributed by atoms with Gasteiger partial charge < -0.3 is 19.7 Å². The summed E-state index contributed by atoms with van der Waals surface area (Å²) in [5, 5.41) is 3.32. The van der Waals surface area contributed by atoms with Crippen molar-refractivity contribution in [2.75, 3.05) is 42.9 Å². The largest absolute Gasteiger partial charge is 0.367 e. The maximum Gasteiger partial charge on any atom is 0.261 e. The number of carbonyl (C=O) groups is 1. The van der Waals surface area contributed by atoms with Gasteiger partial charge in [-0.1, -0.05) is 30.7 Å². The van der Waals surface area contributed by atoms with Crippen LogP contribution < -0.4 is 15.6 Å². The van der Waals surface area contributed by atoms with E-state index in [1.807, 2.05) is 9.47 Å². The average Bonchev–Trinajstić information content (AvgIpc) is 3.66. The molecule has 2 heterocycles. The number of hydrogen-bond donors (Lipinski definition) is 1.